The molecule has 0 spiro atoms. The van der Waals surface area contributed by atoms with E-state index in [9.17, 15) is 22.8 Å². The van der Waals surface area contributed by atoms with Crippen molar-refractivity contribution < 1.29 is 27.5 Å². The van der Waals surface area contributed by atoms with Crippen molar-refractivity contribution in [2.24, 2.45) is 0 Å². The highest BCUT2D eigenvalue weighted by atomic mass is 35.5. The Kier molecular flexibility index (Phi) is 8.04. The third kappa shape index (κ3) is 7.83. The number of esters is 1. The second-order valence-corrected chi connectivity index (χ2v) is 8.34. The molecule has 0 fully saturated rings. The Bertz CT molecular complexity index is 812. The van der Waals surface area contributed by atoms with Gasteiger partial charge in [0, 0.05) is 11.1 Å². The molecule has 150 valence electrons. The highest BCUT2D eigenvalue weighted by Gasteiger charge is 2.25. The number of nitrogens with zero attached hydrogens (tertiary/aromatic N) is 1. The van der Waals surface area contributed by atoms with Crippen LogP contribution in [0.25, 0.3) is 0 Å². The second kappa shape index (κ2) is 9.56. The number of imide groups is 1. The molecule has 0 aliphatic heterocycles. The average molecular weight is 420 g/mol. The van der Waals surface area contributed by atoms with Crippen molar-refractivity contribution in [1.29, 1.82) is 0 Å². The van der Waals surface area contributed by atoms with E-state index < -0.39 is 40.6 Å². The number of hydrogen-bond acceptors (Lipinski definition) is 6. The Morgan fingerprint density at radius 2 is 1.85 bits per heavy atom. The SMILES string of the molecule is CC(C)NC(=O)NC(=O)[C@H](C)OC(=O)CN(c1cccc(Cl)c1)S(C)(=O)=O. The van der Waals surface area contributed by atoms with E-state index in [0.29, 0.717) is 5.02 Å². The molecule has 27 heavy (non-hydrogen) atoms. The predicted octanol–water partition coefficient (Wildman–Crippen LogP) is 1.27. The van der Waals surface area contributed by atoms with Crippen molar-refractivity contribution in [3.63, 3.8) is 0 Å². The van der Waals surface area contributed by atoms with Gasteiger partial charge in [-0.25, -0.2) is 13.2 Å². The van der Waals surface area contributed by atoms with Crippen molar-refractivity contribution >= 4 is 45.2 Å². The fraction of sp³-hybridized carbons (Fsp3) is 0.438. The van der Waals surface area contributed by atoms with Gasteiger partial charge in [-0.3, -0.25) is 19.2 Å². The summed E-state index contributed by atoms with van der Waals surface area (Å²) in [5.74, 6) is -1.80. The van der Waals surface area contributed by atoms with E-state index in [4.69, 9.17) is 16.3 Å². The summed E-state index contributed by atoms with van der Waals surface area (Å²) in [6, 6.07) is 5.02. The van der Waals surface area contributed by atoms with Gasteiger partial charge in [-0.1, -0.05) is 17.7 Å². The van der Waals surface area contributed by atoms with Crippen LogP contribution in [0.4, 0.5) is 10.5 Å². The normalized spacial score (nSPS) is 12.2. The number of rotatable bonds is 7. The largest absolute Gasteiger partial charge is 0.451 e. The van der Waals surface area contributed by atoms with Gasteiger partial charge in [0.2, 0.25) is 10.0 Å². The number of urea groups is 1. The minimum atomic E-state index is -3.81. The molecule has 9 nitrogen and oxygen atoms in total. The molecule has 0 aliphatic carbocycles. The van der Waals surface area contributed by atoms with Gasteiger partial charge in [-0.05, 0) is 39.0 Å². The molecule has 0 saturated carbocycles. The first-order valence-electron chi connectivity index (χ1n) is 7.94. The number of carbonyl (C=O) groups is 3. The first-order valence-corrected chi connectivity index (χ1v) is 10.2. The van der Waals surface area contributed by atoms with Gasteiger partial charge in [0.25, 0.3) is 5.91 Å². The Labute approximate surface area is 163 Å². The summed E-state index contributed by atoms with van der Waals surface area (Å²) >= 11 is 5.86. The minimum Gasteiger partial charge on any atom is -0.451 e. The van der Waals surface area contributed by atoms with Crippen LogP contribution in [-0.4, -0.2) is 51.3 Å². The maximum absolute atomic E-state index is 12.1. The molecule has 0 radical (unpaired) electrons. The molecule has 1 rings (SSSR count). The van der Waals surface area contributed by atoms with E-state index in [0.717, 1.165) is 10.6 Å². The Hall–Kier alpha value is -2.33. The van der Waals surface area contributed by atoms with Crippen molar-refractivity contribution in [3.8, 4) is 0 Å². The van der Waals surface area contributed by atoms with Gasteiger partial charge >= 0.3 is 12.0 Å². The van der Waals surface area contributed by atoms with Crippen LogP contribution in [0.2, 0.25) is 5.02 Å². The molecule has 3 amide bonds. The quantitative estimate of drug-likeness (QED) is 0.642. The van der Waals surface area contributed by atoms with E-state index in [1.54, 1.807) is 19.9 Å². The summed E-state index contributed by atoms with van der Waals surface area (Å²) in [5, 5.41) is 4.76. The molecule has 1 atom stereocenters. The van der Waals surface area contributed by atoms with Crippen LogP contribution in [0.5, 0.6) is 0 Å². The number of benzene rings is 1. The number of amides is 3. The fourth-order valence-electron chi connectivity index (χ4n) is 1.95. The number of nitrogens with one attached hydrogen (secondary N) is 2. The Morgan fingerprint density at radius 1 is 1.22 bits per heavy atom. The summed E-state index contributed by atoms with van der Waals surface area (Å²) in [5.41, 5.74) is 0.176. The minimum absolute atomic E-state index is 0.176. The summed E-state index contributed by atoms with van der Waals surface area (Å²) in [7, 11) is -3.81. The number of hydrogen-bond donors (Lipinski definition) is 2. The molecule has 0 aliphatic rings. The maximum atomic E-state index is 12.1. The van der Waals surface area contributed by atoms with Crippen LogP contribution in [0.15, 0.2) is 24.3 Å². The maximum Gasteiger partial charge on any atom is 0.327 e. The second-order valence-electron chi connectivity index (χ2n) is 6.00. The number of carbonyl (C=O) groups excluding carboxylic acids is 3. The Balaban J connectivity index is 2.77. The zero-order valence-electron chi connectivity index (χ0n) is 15.4. The predicted molar refractivity (Wildman–Crippen MR) is 101 cm³/mol. The van der Waals surface area contributed by atoms with Crippen molar-refractivity contribution in [3.05, 3.63) is 29.3 Å². The lowest BCUT2D eigenvalue weighted by molar-refractivity contribution is -0.152. The zero-order valence-corrected chi connectivity index (χ0v) is 16.9. The lowest BCUT2D eigenvalue weighted by Gasteiger charge is -2.22. The number of sulfonamides is 1. The lowest BCUT2D eigenvalue weighted by atomic mass is 10.3. The first-order chi connectivity index (χ1) is 12.4. The van der Waals surface area contributed by atoms with Crippen LogP contribution in [-0.2, 0) is 24.3 Å². The van der Waals surface area contributed by atoms with Crippen LogP contribution in [0.3, 0.4) is 0 Å². The van der Waals surface area contributed by atoms with Gasteiger partial charge in [-0.15, -0.1) is 0 Å². The van der Waals surface area contributed by atoms with Crippen LogP contribution >= 0.6 is 11.6 Å². The third-order valence-corrected chi connectivity index (χ3v) is 4.48. The van der Waals surface area contributed by atoms with E-state index in [1.165, 1.54) is 25.1 Å². The number of anilines is 1. The molecule has 1 aromatic carbocycles. The molecule has 0 saturated heterocycles. The molecular weight excluding hydrogens is 398 g/mol. The van der Waals surface area contributed by atoms with Crippen molar-refractivity contribution in [2.75, 3.05) is 17.1 Å². The Morgan fingerprint density at radius 3 is 2.37 bits per heavy atom. The summed E-state index contributed by atoms with van der Waals surface area (Å²) in [4.78, 5) is 35.5. The molecule has 11 heteroatoms. The van der Waals surface area contributed by atoms with Gasteiger partial charge < -0.3 is 10.1 Å². The van der Waals surface area contributed by atoms with Gasteiger partial charge in [0.1, 0.15) is 6.54 Å². The van der Waals surface area contributed by atoms with Crippen LogP contribution < -0.4 is 14.9 Å². The third-order valence-electron chi connectivity index (χ3n) is 3.10. The smallest absolute Gasteiger partial charge is 0.327 e. The van der Waals surface area contributed by atoms with E-state index in [-0.39, 0.29) is 11.7 Å². The molecule has 1 aromatic rings. The van der Waals surface area contributed by atoms with Gasteiger partial charge in [-0.2, -0.15) is 0 Å². The zero-order chi connectivity index (χ0) is 20.8. The molecule has 0 heterocycles. The molecular formula is C16H22ClN3O6S. The summed E-state index contributed by atoms with van der Waals surface area (Å²) < 4.78 is 29.7. The molecule has 0 bridgehead atoms. The average Bonchev–Trinajstić information content (AvgIpc) is 2.50. The monoisotopic (exact) mass is 419 g/mol. The van der Waals surface area contributed by atoms with Gasteiger partial charge in [0.05, 0.1) is 11.9 Å². The van der Waals surface area contributed by atoms with E-state index in [2.05, 4.69) is 5.32 Å². The number of halogens is 1. The standard InChI is InChI=1S/C16H22ClN3O6S/c1-10(2)18-16(23)19-15(22)11(3)26-14(21)9-20(27(4,24)25)13-7-5-6-12(17)8-13/h5-8,10-11H,9H2,1-4H3,(H2,18,19,22,23)/t11-/m0/s1. The van der Waals surface area contributed by atoms with Crippen molar-refractivity contribution in [2.45, 2.75) is 32.9 Å². The first kappa shape index (κ1) is 22.7. The highest BCUT2D eigenvalue weighted by molar-refractivity contribution is 7.92. The van der Waals surface area contributed by atoms with E-state index in [1.807, 2.05) is 5.32 Å². The molecule has 2 N–H and O–H groups in total. The highest BCUT2D eigenvalue weighted by Crippen LogP contribution is 2.21. The van der Waals surface area contributed by atoms with Crippen LogP contribution in [0.1, 0.15) is 20.8 Å². The summed E-state index contributed by atoms with van der Waals surface area (Å²) in [6.07, 6.45) is -0.371. The topological polar surface area (TPSA) is 122 Å². The van der Waals surface area contributed by atoms with Crippen molar-refractivity contribution in [1.82, 2.24) is 10.6 Å². The molecule has 0 unspecified atom stereocenters. The fourth-order valence-corrected chi connectivity index (χ4v) is 2.97. The van der Waals surface area contributed by atoms with Crippen LogP contribution in [0, 0.1) is 0 Å². The van der Waals surface area contributed by atoms with E-state index >= 15 is 0 Å². The summed E-state index contributed by atoms with van der Waals surface area (Å²) in [6.45, 7) is 4.03. The number of ether oxygens (including phenoxy) is 1. The van der Waals surface area contributed by atoms with Gasteiger partial charge in [0.15, 0.2) is 6.10 Å². The lowest BCUT2D eigenvalue weighted by Crippen LogP contribution is -2.47. The molecule has 0 aromatic heterocycles.